The third kappa shape index (κ3) is 3.49. The zero-order chi connectivity index (χ0) is 17.9. The summed E-state index contributed by atoms with van der Waals surface area (Å²) in [4.78, 5) is 20.0. The first-order chi connectivity index (χ1) is 12.7. The van der Waals surface area contributed by atoms with Crippen LogP contribution in [0.5, 0.6) is 0 Å². The number of fused-ring (bicyclic) bond motifs is 1. The topological polar surface area (TPSA) is 57.8 Å². The Hall–Kier alpha value is -2.63. The van der Waals surface area contributed by atoms with E-state index in [4.69, 9.17) is 11.6 Å². The van der Waals surface area contributed by atoms with Crippen LogP contribution in [0.4, 0.5) is 5.13 Å². The van der Waals surface area contributed by atoms with Crippen LogP contribution >= 0.6 is 22.9 Å². The maximum atomic E-state index is 12.3. The van der Waals surface area contributed by atoms with Crippen LogP contribution in [0.15, 0.2) is 60.1 Å². The van der Waals surface area contributed by atoms with Crippen LogP contribution in [0.2, 0.25) is 5.02 Å². The molecule has 4 rings (SSSR count). The number of nitrogens with zero attached hydrogens (tertiary/aromatic N) is 1. The van der Waals surface area contributed by atoms with Gasteiger partial charge < -0.3 is 10.3 Å². The molecule has 2 N–H and O–H groups in total. The van der Waals surface area contributed by atoms with Crippen LogP contribution in [-0.4, -0.2) is 15.9 Å². The lowest BCUT2D eigenvalue weighted by atomic mass is 10.1. The van der Waals surface area contributed by atoms with Crippen molar-refractivity contribution in [1.29, 1.82) is 0 Å². The Morgan fingerprint density at radius 1 is 1.15 bits per heavy atom. The van der Waals surface area contributed by atoms with E-state index in [1.54, 1.807) is 0 Å². The Bertz CT molecular complexity index is 1070. The summed E-state index contributed by atoms with van der Waals surface area (Å²) in [7, 11) is 0. The molecular formula is C20H16ClN3OS. The molecule has 0 bridgehead atoms. The summed E-state index contributed by atoms with van der Waals surface area (Å²) in [5, 5.41) is 7.17. The van der Waals surface area contributed by atoms with Gasteiger partial charge >= 0.3 is 0 Å². The Morgan fingerprint density at radius 2 is 1.96 bits per heavy atom. The molecule has 0 unspecified atom stereocenters. The molecule has 6 heteroatoms. The van der Waals surface area contributed by atoms with Gasteiger partial charge in [-0.1, -0.05) is 48.0 Å². The number of aromatic amines is 1. The van der Waals surface area contributed by atoms with E-state index >= 15 is 0 Å². The van der Waals surface area contributed by atoms with Crippen molar-refractivity contribution < 1.29 is 4.79 Å². The summed E-state index contributed by atoms with van der Waals surface area (Å²) in [6.45, 7) is 0. The van der Waals surface area contributed by atoms with Crippen LogP contribution in [0, 0.1) is 0 Å². The molecule has 26 heavy (non-hydrogen) atoms. The molecule has 130 valence electrons. The minimum absolute atomic E-state index is 0.0460. The number of aromatic nitrogens is 2. The van der Waals surface area contributed by atoms with Crippen LogP contribution in [0.3, 0.4) is 0 Å². The van der Waals surface area contributed by atoms with Crippen molar-refractivity contribution in [2.45, 2.75) is 12.8 Å². The SMILES string of the molecule is O=C(CCc1c[nH]c2ccccc12)Nc1nc(-c2ccccc2Cl)cs1. The zero-order valence-electron chi connectivity index (χ0n) is 13.8. The number of carbonyl (C=O) groups excluding carboxylic acids is 1. The number of halogens is 1. The molecule has 1 amide bonds. The van der Waals surface area contributed by atoms with Gasteiger partial charge in [0.05, 0.1) is 5.69 Å². The molecule has 0 radical (unpaired) electrons. The zero-order valence-corrected chi connectivity index (χ0v) is 15.4. The second-order valence-corrected chi connectivity index (χ2v) is 7.19. The molecular weight excluding hydrogens is 366 g/mol. The first-order valence-corrected chi connectivity index (χ1v) is 9.52. The summed E-state index contributed by atoms with van der Waals surface area (Å²) in [5.74, 6) is -0.0460. The average molecular weight is 382 g/mol. The Kier molecular flexibility index (Phi) is 4.73. The predicted octanol–water partition coefficient (Wildman–Crippen LogP) is 5.52. The van der Waals surface area contributed by atoms with Gasteiger partial charge in [0, 0.05) is 39.5 Å². The van der Waals surface area contributed by atoms with Gasteiger partial charge in [-0.2, -0.15) is 0 Å². The molecule has 0 saturated carbocycles. The number of hydrogen-bond donors (Lipinski definition) is 2. The highest BCUT2D eigenvalue weighted by molar-refractivity contribution is 7.14. The maximum absolute atomic E-state index is 12.3. The molecule has 0 aliphatic rings. The molecule has 0 fully saturated rings. The lowest BCUT2D eigenvalue weighted by Gasteiger charge is -2.02. The minimum Gasteiger partial charge on any atom is -0.361 e. The van der Waals surface area contributed by atoms with E-state index in [-0.39, 0.29) is 5.91 Å². The third-order valence-electron chi connectivity index (χ3n) is 4.20. The summed E-state index contributed by atoms with van der Waals surface area (Å²) in [6.07, 6.45) is 3.05. The van der Waals surface area contributed by atoms with E-state index in [1.807, 2.05) is 54.0 Å². The maximum Gasteiger partial charge on any atom is 0.226 e. The number of hydrogen-bond acceptors (Lipinski definition) is 3. The molecule has 2 heterocycles. The second kappa shape index (κ2) is 7.32. The number of anilines is 1. The van der Waals surface area contributed by atoms with Crippen molar-refractivity contribution in [3.8, 4) is 11.3 Å². The molecule has 2 aromatic carbocycles. The van der Waals surface area contributed by atoms with Gasteiger partial charge in [-0.3, -0.25) is 4.79 Å². The van der Waals surface area contributed by atoms with Crippen molar-refractivity contribution in [3.05, 3.63) is 70.7 Å². The number of thiazole rings is 1. The molecule has 0 aliphatic heterocycles. The smallest absolute Gasteiger partial charge is 0.226 e. The number of para-hydroxylation sites is 1. The lowest BCUT2D eigenvalue weighted by Crippen LogP contribution is -2.12. The van der Waals surface area contributed by atoms with Crippen molar-refractivity contribution in [2.24, 2.45) is 0 Å². The van der Waals surface area contributed by atoms with Gasteiger partial charge in [0.25, 0.3) is 0 Å². The predicted molar refractivity (Wildman–Crippen MR) is 108 cm³/mol. The number of aryl methyl sites for hydroxylation is 1. The van der Waals surface area contributed by atoms with Gasteiger partial charge in [0.15, 0.2) is 5.13 Å². The third-order valence-corrected chi connectivity index (χ3v) is 5.28. The highest BCUT2D eigenvalue weighted by atomic mass is 35.5. The summed E-state index contributed by atoms with van der Waals surface area (Å²) in [6, 6.07) is 15.6. The average Bonchev–Trinajstić information content (AvgIpc) is 3.27. The van der Waals surface area contributed by atoms with Gasteiger partial charge in [0.1, 0.15) is 0 Å². The summed E-state index contributed by atoms with van der Waals surface area (Å²) < 4.78 is 0. The van der Waals surface area contributed by atoms with Crippen LogP contribution in [0.25, 0.3) is 22.2 Å². The van der Waals surface area contributed by atoms with Crippen molar-refractivity contribution in [1.82, 2.24) is 9.97 Å². The first-order valence-electron chi connectivity index (χ1n) is 8.26. The van der Waals surface area contributed by atoms with Gasteiger partial charge in [-0.15, -0.1) is 11.3 Å². The van der Waals surface area contributed by atoms with Crippen LogP contribution in [-0.2, 0) is 11.2 Å². The van der Waals surface area contributed by atoms with E-state index in [9.17, 15) is 4.79 Å². The number of rotatable bonds is 5. The van der Waals surface area contributed by atoms with Crippen molar-refractivity contribution >= 4 is 44.9 Å². The minimum atomic E-state index is -0.0460. The molecule has 0 spiro atoms. The van der Waals surface area contributed by atoms with Gasteiger partial charge in [0.2, 0.25) is 5.91 Å². The first kappa shape index (κ1) is 16.8. The fraction of sp³-hybridized carbons (Fsp3) is 0.100. The summed E-state index contributed by atoms with van der Waals surface area (Å²) >= 11 is 7.60. The van der Waals surface area contributed by atoms with E-state index in [2.05, 4.69) is 21.4 Å². The number of nitrogens with one attached hydrogen (secondary N) is 2. The molecule has 0 saturated heterocycles. The Balaban J connectivity index is 1.40. The second-order valence-electron chi connectivity index (χ2n) is 5.93. The number of carbonyl (C=O) groups is 1. The normalized spacial score (nSPS) is 11.0. The number of H-pyrrole nitrogens is 1. The lowest BCUT2D eigenvalue weighted by molar-refractivity contribution is -0.116. The quantitative estimate of drug-likeness (QED) is 0.478. The molecule has 4 aromatic rings. The fourth-order valence-corrected chi connectivity index (χ4v) is 3.85. The van der Waals surface area contributed by atoms with E-state index in [1.165, 1.54) is 11.3 Å². The Morgan fingerprint density at radius 3 is 2.85 bits per heavy atom. The van der Waals surface area contributed by atoms with Crippen LogP contribution in [0.1, 0.15) is 12.0 Å². The van der Waals surface area contributed by atoms with E-state index < -0.39 is 0 Å². The largest absolute Gasteiger partial charge is 0.361 e. The molecule has 0 aliphatic carbocycles. The fourth-order valence-electron chi connectivity index (χ4n) is 2.89. The van der Waals surface area contributed by atoms with Gasteiger partial charge in [-0.05, 0) is 24.1 Å². The highest BCUT2D eigenvalue weighted by Crippen LogP contribution is 2.30. The monoisotopic (exact) mass is 381 g/mol. The number of amides is 1. The standard InChI is InChI=1S/C20H16ClN3OS/c21-16-7-3-1-6-15(16)18-12-26-20(23-18)24-19(25)10-9-13-11-22-17-8-4-2-5-14(13)17/h1-8,11-12,22H,9-10H2,(H,23,24,25). The molecule has 4 nitrogen and oxygen atoms in total. The van der Waals surface area contributed by atoms with E-state index in [0.717, 1.165) is 27.7 Å². The van der Waals surface area contributed by atoms with Crippen LogP contribution < -0.4 is 5.32 Å². The Labute approximate surface area is 159 Å². The van der Waals surface area contributed by atoms with Gasteiger partial charge in [-0.25, -0.2) is 4.98 Å². The van der Waals surface area contributed by atoms with Crippen molar-refractivity contribution in [2.75, 3.05) is 5.32 Å². The van der Waals surface area contributed by atoms with Crippen molar-refractivity contribution in [3.63, 3.8) is 0 Å². The highest BCUT2D eigenvalue weighted by Gasteiger charge is 2.11. The van der Waals surface area contributed by atoms with E-state index in [0.29, 0.717) is 23.0 Å². The molecule has 2 aromatic heterocycles. The summed E-state index contributed by atoms with van der Waals surface area (Å²) in [5.41, 5.74) is 3.87. The molecule has 0 atom stereocenters. The number of benzene rings is 2.